The second kappa shape index (κ2) is 10.3. The highest BCUT2D eigenvalue weighted by molar-refractivity contribution is 7.81. The minimum atomic E-state index is -2.88. The number of hydrogen-bond donors (Lipinski definition) is 2. The fourth-order valence-electron chi connectivity index (χ4n) is 3.38. The Hall–Kier alpha value is -3.38. The van der Waals surface area contributed by atoms with Crippen molar-refractivity contribution in [1.82, 2.24) is 15.3 Å². The van der Waals surface area contributed by atoms with Crippen LogP contribution in [-0.2, 0) is 22.5 Å². The molecule has 0 radical (unpaired) electrons. The van der Waals surface area contributed by atoms with Gasteiger partial charge in [-0.2, -0.15) is 11.3 Å². The van der Waals surface area contributed by atoms with Crippen molar-refractivity contribution in [3.63, 3.8) is 0 Å². The van der Waals surface area contributed by atoms with Crippen molar-refractivity contribution in [3.05, 3.63) is 81.8 Å². The standard InChI is InChI=1S/C22H17ClN4O5S2/c23-14-4-5-15(21(28)26-17(22(29)30)10-13-6-9-33-12-13)19(11-14)27(34(31)32)18-3-1-2-16-20(18)25-8-7-24-16/h1-9,11-12,17H,10H2,(H,26,28)(H,29,30)(H,31,32)/p-1. The summed E-state index contributed by atoms with van der Waals surface area (Å²) in [7, 11) is 0. The summed E-state index contributed by atoms with van der Waals surface area (Å²) in [4.78, 5) is 33.4. The normalized spacial score (nSPS) is 12.8. The van der Waals surface area contributed by atoms with Gasteiger partial charge in [0.05, 0.1) is 33.7 Å². The van der Waals surface area contributed by atoms with E-state index >= 15 is 0 Å². The van der Waals surface area contributed by atoms with Gasteiger partial charge in [-0.25, -0.2) is 4.79 Å². The molecule has 0 spiro atoms. The highest BCUT2D eigenvalue weighted by atomic mass is 35.5. The number of aromatic nitrogens is 2. The van der Waals surface area contributed by atoms with E-state index in [0.717, 1.165) is 9.87 Å². The lowest BCUT2D eigenvalue weighted by Crippen LogP contribution is -2.42. The molecule has 0 saturated carbocycles. The number of hydrogen-bond acceptors (Lipinski definition) is 7. The lowest BCUT2D eigenvalue weighted by Gasteiger charge is -2.29. The fraction of sp³-hybridized carbons (Fsp3) is 0.0909. The first-order valence-electron chi connectivity index (χ1n) is 9.78. The molecule has 0 aliphatic heterocycles. The Morgan fingerprint density at radius 1 is 1.18 bits per heavy atom. The van der Waals surface area contributed by atoms with E-state index in [4.69, 9.17) is 11.6 Å². The maximum atomic E-state index is 13.2. The molecule has 0 bridgehead atoms. The van der Waals surface area contributed by atoms with E-state index < -0.39 is 29.2 Å². The number of carbonyl (C=O) groups is 2. The van der Waals surface area contributed by atoms with Crippen LogP contribution in [0, 0.1) is 0 Å². The molecule has 9 nitrogen and oxygen atoms in total. The first kappa shape index (κ1) is 23.8. The number of rotatable bonds is 8. The van der Waals surface area contributed by atoms with Gasteiger partial charge in [0.2, 0.25) is 0 Å². The molecule has 2 N–H and O–H groups in total. The molecule has 4 rings (SSSR count). The molecule has 0 aliphatic carbocycles. The van der Waals surface area contributed by atoms with E-state index in [9.17, 15) is 23.5 Å². The zero-order chi connectivity index (χ0) is 24.2. The molecule has 0 aliphatic rings. The summed E-state index contributed by atoms with van der Waals surface area (Å²) in [6.45, 7) is 0. The minimum Gasteiger partial charge on any atom is -0.755 e. The van der Waals surface area contributed by atoms with E-state index in [-0.39, 0.29) is 28.4 Å². The van der Waals surface area contributed by atoms with Crippen molar-refractivity contribution in [3.8, 4) is 0 Å². The van der Waals surface area contributed by atoms with E-state index in [2.05, 4.69) is 15.3 Å². The predicted octanol–water partition coefficient (Wildman–Crippen LogP) is 3.70. The van der Waals surface area contributed by atoms with E-state index in [1.54, 1.807) is 23.6 Å². The highest BCUT2D eigenvalue weighted by Crippen LogP contribution is 2.35. The maximum absolute atomic E-state index is 13.2. The number of anilines is 2. The molecule has 2 heterocycles. The van der Waals surface area contributed by atoms with Crippen LogP contribution in [-0.4, -0.2) is 41.8 Å². The van der Waals surface area contributed by atoms with E-state index in [1.165, 1.54) is 48.0 Å². The quantitative estimate of drug-likeness (QED) is 0.341. The molecule has 2 atom stereocenters. The number of carboxylic acid groups (broad SMARTS) is 1. The number of amides is 1. The van der Waals surface area contributed by atoms with Crippen LogP contribution in [0.1, 0.15) is 15.9 Å². The van der Waals surface area contributed by atoms with Gasteiger partial charge >= 0.3 is 5.97 Å². The van der Waals surface area contributed by atoms with Gasteiger partial charge in [-0.05, 0) is 52.7 Å². The van der Waals surface area contributed by atoms with Gasteiger partial charge in [-0.15, -0.1) is 0 Å². The second-order valence-electron chi connectivity index (χ2n) is 7.07. The number of aliphatic carboxylic acids is 1. The summed E-state index contributed by atoms with van der Waals surface area (Å²) in [6.07, 6.45) is 2.97. The highest BCUT2D eigenvalue weighted by Gasteiger charge is 2.26. The molecular formula is C22H16ClN4O5S2-. The van der Waals surface area contributed by atoms with Gasteiger partial charge in [0.1, 0.15) is 11.6 Å². The van der Waals surface area contributed by atoms with Crippen molar-refractivity contribution >= 4 is 68.5 Å². The molecule has 12 heteroatoms. The van der Waals surface area contributed by atoms with Crippen LogP contribution in [0.3, 0.4) is 0 Å². The molecule has 2 aromatic heterocycles. The number of fused-ring (bicyclic) bond motifs is 1. The Morgan fingerprint density at radius 2 is 1.97 bits per heavy atom. The summed E-state index contributed by atoms with van der Waals surface area (Å²) in [5.74, 6) is -1.99. The Balaban J connectivity index is 1.76. The van der Waals surface area contributed by atoms with E-state index in [0.29, 0.717) is 11.0 Å². The van der Waals surface area contributed by atoms with Crippen molar-refractivity contribution in [2.75, 3.05) is 4.31 Å². The smallest absolute Gasteiger partial charge is 0.326 e. The Kier molecular flexibility index (Phi) is 7.17. The predicted molar refractivity (Wildman–Crippen MR) is 129 cm³/mol. The zero-order valence-electron chi connectivity index (χ0n) is 17.3. The SMILES string of the molecule is O=C(NC(Cc1ccsc1)C(=O)O)c1ccc(Cl)cc1N(c1cccc2nccnc12)S(=O)[O-]. The second-order valence-corrected chi connectivity index (χ2v) is 9.09. The molecule has 34 heavy (non-hydrogen) atoms. The number of thiophene rings is 1. The van der Waals surface area contributed by atoms with Crippen LogP contribution in [0.5, 0.6) is 0 Å². The van der Waals surface area contributed by atoms with Crippen LogP contribution in [0.2, 0.25) is 5.02 Å². The van der Waals surface area contributed by atoms with Crippen LogP contribution in [0.25, 0.3) is 11.0 Å². The number of halogens is 1. The maximum Gasteiger partial charge on any atom is 0.326 e. The number of carboxylic acids is 1. The number of nitrogens with one attached hydrogen (secondary N) is 1. The first-order chi connectivity index (χ1) is 16.3. The van der Waals surface area contributed by atoms with Gasteiger partial charge in [-0.3, -0.25) is 23.3 Å². The Morgan fingerprint density at radius 3 is 2.68 bits per heavy atom. The molecular weight excluding hydrogens is 500 g/mol. The average molecular weight is 516 g/mol. The van der Waals surface area contributed by atoms with Crippen LogP contribution in [0.15, 0.2) is 65.6 Å². The van der Waals surface area contributed by atoms with Crippen LogP contribution in [0.4, 0.5) is 11.4 Å². The molecule has 174 valence electrons. The van der Waals surface area contributed by atoms with Gasteiger partial charge in [0.25, 0.3) is 5.91 Å². The average Bonchev–Trinajstić information content (AvgIpc) is 3.32. The number of benzene rings is 2. The third-order valence-corrected chi connectivity index (χ3v) is 6.55. The molecule has 2 unspecified atom stereocenters. The molecule has 1 amide bonds. The van der Waals surface area contributed by atoms with Gasteiger partial charge in [0.15, 0.2) is 0 Å². The topological polar surface area (TPSA) is 136 Å². The van der Waals surface area contributed by atoms with Gasteiger partial charge in [0, 0.05) is 23.8 Å². The Bertz CT molecular complexity index is 1380. The van der Waals surface area contributed by atoms with Crippen molar-refractivity contribution in [2.24, 2.45) is 0 Å². The molecule has 4 aromatic rings. The molecule has 2 aromatic carbocycles. The summed E-state index contributed by atoms with van der Waals surface area (Å²) < 4.78 is 25.6. The molecule has 0 saturated heterocycles. The summed E-state index contributed by atoms with van der Waals surface area (Å²) >= 11 is 4.68. The van der Waals surface area contributed by atoms with Crippen LogP contribution < -0.4 is 9.62 Å². The lowest BCUT2D eigenvalue weighted by atomic mass is 10.1. The largest absolute Gasteiger partial charge is 0.755 e. The Labute approximate surface area is 205 Å². The number of carbonyl (C=O) groups excluding carboxylic acids is 1. The zero-order valence-corrected chi connectivity index (χ0v) is 19.6. The van der Waals surface area contributed by atoms with Crippen molar-refractivity contribution in [2.45, 2.75) is 12.5 Å². The summed E-state index contributed by atoms with van der Waals surface area (Å²) in [5.41, 5.74) is 1.52. The third-order valence-electron chi connectivity index (χ3n) is 4.89. The van der Waals surface area contributed by atoms with Crippen molar-refractivity contribution < 1.29 is 23.5 Å². The molecule has 0 fully saturated rings. The van der Waals surface area contributed by atoms with Crippen LogP contribution >= 0.6 is 22.9 Å². The first-order valence-corrected chi connectivity index (χ1v) is 12.1. The number of nitrogens with zero attached hydrogens (tertiary/aromatic N) is 3. The fourth-order valence-corrected chi connectivity index (χ4v) is 4.84. The summed E-state index contributed by atoms with van der Waals surface area (Å²) in [5, 5.41) is 15.9. The van der Waals surface area contributed by atoms with Crippen molar-refractivity contribution in [1.29, 1.82) is 0 Å². The lowest BCUT2D eigenvalue weighted by molar-refractivity contribution is -0.139. The van der Waals surface area contributed by atoms with Gasteiger partial charge in [-0.1, -0.05) is 17.7 Å². The minimum absolute atomic E-state index is 0.0591. The third kappa shape index (κ3) is 5.07. The van der Waals surface area contributed by atoms with Gasteiger partial charge < -0.3 is 15.0 Å². The monoisotopic (exact) mass is 515 g/mol. The summed E-state index contributed by atoms with van der Waals surface area (Å²) in [6, 6.07) is 9.42. The number of para-hydroxylation sites is 1. The van der Waals surface area contributed by atoms with E-state index in [1.807, 2.05) is 5.38 Å².